The van der Waals surface area contributed by atoms with Gasteiger partial charge in [0.05, 0.1) is 36.2 Å². The summed E-state index contributed by atoms with van der Waals surface area (Å²) in [5.74, 6) is -0.379. The van der Waals surface area contributed by atoms with E-state index in [1.165, 1.54) is 0 Å². The van der Waals surface area contributed by atoms with Crippen LogP contribution in [0.2, 0.25) is 0 Å². The lowest BCUT2D eigenvalue weighted by Crippen LogP contribution is -2.49. The molecule has 0 amide bonds. The van der Waals surface area contributed by atoms with Crippen LogP contribution in [-0.2, 0) is 9.47 Å². The van der Waals surface area contributed by atoms with Crippen molar-refractivity contribution in [3.8, 4) is 0 Å². The number of thioether (sulfide) groups is 1. The van der Waals surface area contributed by atoms with Crippen molar-refractivity contribution in [3.63, 3.8) is 0 Å². The second kappa shape index (κ2) is 3.98. The summed E-state index contributed by atoms with van der Waals surface area (Å²) in [6, 6.07) is 0. The van der Waals surface area contributed by atoms with E-state index in [9.17, 15) is 5.11 Å². The predicted octanol–water partition coefficient (Wildman–Crippen LogP) is 1.18. The molecule has 1 unspecified atom stereocenters. The molecule has 3 rings (SSSR count). The SMILES string of the molecule is OC1(C2CN=CS2)CCC2(CC1)OCCO2. The normalized spacial score (nSPS) is 35.9. The van der Waals surface area contributed by atoms with Gasteiger partial charge in [-0.05, 0) is 12.8 Å². The molecule has 0 aromatic carbocycles. The number of aliphatic imine (C=N–C) groups is 1. The third-order valence-corrected chi connectivity index (χ3v) is 5.05. The van der Waals surface area contributed by atoms with Gasteiger partial charge in [0.2, 0.25) is 0 Å². The van der Waals surface area contributed by atoms with Gasteiger partial charge in [-0.15, -0.1) is 11.8 Å². The number of ether oxygens (including phenoxy) is 2. The van der Waals surface area contributed by atoms with Crippen LogP contribution in [0.5, 0.6) is 0 Å². The van der Waals surface area contributed by atoms with Crippen molar-refractivity contribution in [2.24, 2.45) is 4.99 Å². The highest BCUT2D eigenvalue weighted by Gasteiger charge is 2.49. The van der Waals surface area contributed by atoms with E-state index in [-0.39, 0.29) is 11.0 Å². The van der Waals surface area contributed by atoms with E-state index in [0.29, 0.717) is 13.2 Å². The van der Waals surface area contributed by atoms with Crippen molar-refractivity contribution < 1.29 is 14.6 Å². The summed E-state index contributed by atoms with van der Waals surface area (Å²) < 4.78 is 11.3. The molecule has 2 fully saturated rings. The molecule has 1 N–H and O–H groups in total. The third kappa shape index (κ3) is 1.79. The van der Waals surface area contributed by atoms with Gasteiger partial charge in [-0.1, -0.05) is 0 Å². The monoisotopic (exact) mass is 243 g/mol. The number of hydrogen-bond donors (Lipinski definition) is 1. The fourth-order valence-corrected chi connectivity index (χ4v) is 3.75. The first kappa shape index (κ1) is 11.0. The summed E-state index contributed by atoms with van der Waals surface area (Å²) in [5.41, 5.74) is 1.28. The molecule has 4 nitrogen and oxygen atoms in total. The highest BCUT2D eigenvalue weighted by molar-refractivity contribution is 8.13. The van der Waals surface area contributed by atoms with Crippen LogP contribution in [0, 0.1) is 0 Å². The summed E-state index contributed by atoms with van der Waals surface area (Å²) in [4.78, 5) is 4.19. The molecule has 0 aromatic rings. The van der Waals surface area contributed by atoms with Gasteiger partial charge in [-0.3, -0.25) is 4.99 Å². The molecular weight excluding hydrogens is 226 g/mol. The fourth-order valence-electron chi connectivity index (χ4n) is 2.77. The van der Waals surface area contributed by atoms with Crippen molar-refractivity contribution >= 4 is 17.3 Å². The second-order valence-corrected chi connectivity index (χ2v) is 5.86. The maximum absolute atomic E-state index is 10.6. The van der Waals surface area contributed by atoms with Crippen LogP contribution in [-0.4, -0.2) is 47.0 Å². The van der Waals surface area contributed by atoms with Crippen molar-refractivity contribution in [1.82, 2.24) is 0 Å². The van der Waals surface area contributed by atoms with Crippen LogP contribution in [0.15, 0.2) is 4.99 Å². The van der Waals surface area contributed by atoms with Gasteiger partial charge in [0.1, 0.15) is 0 Å². The molecule has 1 saturated heterocycles. The summed E-state index contributed by atoms with van der Waals surface area (Å²) in [7, 11) is 0. The smallest absolute Gasteiger partial charge is 0.168 e. The van der Waals surface area contributed by atoms with E-state index in [0.717, 1.165) is 32.2 Å². The molecule has 5 heteroatoms. The molecule has 2 aliphatic heterocycles. The van der Waals surface area contributed by atoms with Crippen LogP contribution in [0.25, 0.3) is 0 Å². The van der Waals surface area contributed by atoms with Gasteiger partial charge in [-0.25, -0.2) is 0 Å². The Labute approximate surface area is 99.4 Å². The minimum Gasteiger partial charge on any atom is -0.389 e. The minimum absolute atomic E-state index is 0.228. The van der Waals surface area contributed by atoms with Crippen LogP contribution in [0.1, 0.15) is 25.7 Å². The molecule has 1 atom stereocenters. The predicted molar refractivity (Wildman–Crippen MR) is 62.8 cm³/mol. The van der Waals surface area contributed by atoms with E-state index in [1.54, 1.807) is 11.8 Å². The van der Waals surface area contributed by atoms with Gasteiger partial charge in [0, 0.05) is 12.8 Å². The maximum Gasteiger partial charge on any atom is 0.168 e. The molecule has 0 aromatic heterocycles. The minimum atomic E-state index is -0.582. The molecule has 1 saturated carbocycles. The Morgan fingerprint density at radius 2 is 1.88 bits per heavy atom. The third-order valence-electron chi connectivity index (χ3n) is 3.86. The molecule has 2 heterocycles. The van der Waals surface area contributed by atoms with E-state index in [2.05, 4.69) is 4.99 Å². The Hall–Kier alpha value is -0.100. The average molecular weight is 243 g/mol. The van der Waals surface area contributed by atoms with E-state index in [4.69, 9.17) is 9.47 Å². The van der Waals surface area contributed by atoms with Crippen molar-refractivity contribution in [1.29, 1.82) is 0 Å². The highest BCUT2D eigenvalue weighted by atomic mass is 32.2. The molecule has 3 aliphatic rings. The molecule has 16 heavy (non-hydrogen) atoms. The van der Waals surface area contributed by atoms with Gasteiger partial charge in [0.25, 0.3) is 0 Å². The Morgan fingerprint density at radius 3 is 2.44 bits per heavy atom. The standard InChI is InChI=1S/C11H17NO3S/c13-10(9-7-12-8-16-9)1-3-11(4-2-10)14-5-6-15-11/h8-9,13H,1-7H2. The molecule has 0 radical (unpaired) electrons. The maximum atomic E-state index is 10.6. The number of nitrogens with zero attached hydrogens (tertiary/aromatic N) is 1. The van der Waals surface area contributed by atoms with Gasteiger partial charge in [0.15, 0.2) is 5.79 Å². The number of hydrogen-bond acceptors (Lipinski definition) is 5. The molecular formula is C11H17NO3S. The topological polar surface area (TPSA) is 51.1 Å². The molecule has 90 valence electrons. The second-order valence-electron chi connectivity index (χ2n) is 4.81. The lowest BCUT2D eigenvalue weighted by Gasteiger charge is -2.42. The van der Waals surface area contributed by atoms with Gasteiger partial charge >= 0.3 is 0 Å². The highest BCUT2D eigenvalue weighted by Crippen LogP contribution is 2.44. The summed E-state index contributed by atoms with van der Waals surface area (Å²) in [5, 5.41) is 10.8. The summed E-state index contributed by atoms with van der Waals surface area (Å²) in [6.07, 6.45) is 3.13. The summed E-state index contributed by atoms with van der Waals surface area (Å²) >= 11 is 1.66. The van der Waals surface area contributed by atoms with E-state index < -0.39 is 5.60 Å². The van der Waals surface area contributed by atoms with Crippen LogP contribution < -0.4 is 0 Å². The largest absolute Gasteiger partial charge is 0.389 e. The van der Waals surface area contributed by atoms with Crippen LogP contribution in [0.3, 0.4) is 0 Å². The first-order chi connectivity index (χ1) is 7.73. The van der Waals surface area contributed by atoms with Crippen molar-refractivity contribution in [2.45, 2.75) is 42.3 Å². The van der Waals surface area contributed by atoms with Crippen LogP contribution in [0.4, 0.5) is 0 Å². The van der Waals surface area contributed by atoms with E-state index >= 15 is 0 Å². The zero-order valence-electron chi connectivity index (χ0n) is 9.22. The first-order valence-corrected chi connectivity index (χ1v) is 6.81. The molecule has 1 spiro atoms. The molecule has 1 aliphatic carbocycles. The van der Waals surface area contributed by atoms with Crippen molar-refractivity contribution in [2.75, 3.05) is 19.8 Å². The number of rotatable bonds is 1. The quantitative estimate of drug-likeness (QED) is 0.751. The fraction of sp³-hybridized carbons (Fsp3) is 0.909. The van der Waals surface area contributed by atoms with Gasteiger partial charge in [-0.2, -0.15) is 0 Å². The number of aliphatic hydroxyl groups is 1. The Bertz CT molecular complexity index is 284. The van der Waals surface area contributed by atoms with E-state index in [1.807, 2.05) is 5.55 Å². The zero-order chi connectivity index (χ0) is 11.1. The van der Waals surface area contributed by atoms with Crippen molar-refractivity contribution in [3.05, 3.63) is 0 Å². The Balaban J connectivity index is 1.64. The van der Waals surface area contributed by atoms with Gasteiger partial charge < -0.3 is 14.6 Å². The Morgan fingerprint density at radius 1 is 1.19 bits per heavy atom. The lowest BCUT2D eigenvalue weighted by molar-refractivity contribution is -0.202. The summed E-state index contributed by atoms with van der Waals surface area (Å²) in [6.45, 7) is 2.13. The average Bonchev–Trinajstić information content (AvgIpc) is 2.96. The van der Waals surface area contributed by atoms with Crippen LogP contribution >= 0.6 is 11.8 Å². The lowest BCUT2D eigenvalue weighted by atomic mass is 9.79. The zero-order valence-corrected chi connectivity index (χ0v) is 10.0. The first-order valence-electron chi connectivity index (χ1n) is 5.87. The molecule has 0 bridgehead atoms. The Kier molecular flexibility index (Phi) is 2.74.